The first kappa shape index (κ1) is 22.6. The third kappa shape index (κ3) is 5.41. The molecular weight excluding hydrogens is 438 g/mol. The summed E-state index contributed by atoms with van der Waals surface area (Å²) in [5.41, 5.74) is 2.18. The van der Waals surface area contributed by atoms with Crippen molar-refractivity contribution in [1.29, 1.82) is 0 Å². The van der Waals surface area contributed by atoms with Gasteiger partial charge in [-0.05, 0) is 36.2 Å². The summed E-state index contributed by atoms with van der Waals surface area (Å²) in [5.74, 6) is 0.857. The van der Waals surface area contributed by atoms with Crippen LogP contribution in [-0.2, 0) is 11.3 Å². The van der Waals surface area contributed by atoms with Crippen molar-refractivity contribution in [2.45, 2.75) is 19.9 Å². The molecule has 3 aromatic carbocycles. The molecule has 6 nitrogen and oxygen atoms in total. The van der Waals surface area contributed by atoms with E-state index in [1.54, 1.807) is 23.1 Å². The van der Waals surface area contributed by atoms with E-state index in [0.29, 0.717) is 34.0 Å². The van der Waals surface area contributed by atoms with Crippen LogP contribution in [0.15, 0.2) is 77.6 Å². The third-order valence-electron chi connectivity index (χ3n) is 5.23. The molecule has 0 atom stereocenters. The zero-order valence-corrected chi connectivity index (χ0v) is 19.0. The number of carbonyl (C=O) groups excluding carboxylic acids is 1. The Labute approximate surface area is 196 Å². The number of hydrogen-bond acceptors (Lipinski definition) is 4. The van der Waals surface area contributed by atoms with E-state index in [1.807, 2.05) is 61.5 Å². The standard InChI is InChI=1S/C26H24ClN3O3/c1-2-14-30(16-24-28-22-15-19(27)12-13-21(22)26(32)29-24)25(31)17-33-23-11-7-6-10-20(23)18-8-4-3-5-9-18/h3-13,15H,2,14,16-17H2,1H3,(H,28,29,32). The monoisotopic (exact) mass is 461 g/mol. The molecule has 4 aromatic rings. The summed E-state index contributed by atoms with van der Waals surface area (Å²) >= 11 is 6.05. The SMILES string of the molecule is CCCN(Cc1nc2cc(Cl)ccc2c(=O)[nH]1)C(=O)COc1ccccc1-c1ccccc1. The molecule has 0 aliphatic rings. The number of halogens is 1. The van der Waals surface area contributed by atoms with Crippen LogP contribution in [0.3, 0.4) is 0 Å². The number of H-pyrrole nitrogens is 1. The number of hydrogen-bond donors (Lipinski definition) is 1. The van der Waals surface area contributed by atoms with E-state index in [9.17, 15) is 9.59 Å². The Morgan fingerprint density at radius 1 is 1.06 bits per heavy atom. The fraction of sp³-hybridized carbons (Fsp3) is 0.192. The first-order valence-electron chi connectivity index (χ1n) is 10.8. The molecular formula is C26H24ClN3O3. The van der Waals surface area contributed by atoms with Crippen molar-refractivity contribution < 1.29 is 9.53 Å². The lowest BCUT2D eigenvalue weighted by atomic mass is 10.1. The molecule has 0 aliphatic heterocycles. The second-order valence-corrected chi connectivity index (χ2v) is 8.08. The predicted octanol–water partition coefficient (Wildman–Crippen LogP) is 5.06. The van der Waals surface area contributed by atoms with Crippen LogP contribution < -0.4 is 10.3 Å². The normalized spacial score (nSPS) is 10.8. The molecule has 0 saturated carbocycles. The van der Waals surface area contributed by atoms with Crippen LogP contribution in [0.5, 0.6) is 5.75 Å². The predicted molar refractivity (Wildman–Crippen MR) is 130 cm³/mol. The van der Waals surface area contributed by atoms with E-state index in [1.165, 1.54) is 0 Å². The summed E-state index contributed by atoms with van der Waals surface area (Å²) in [6.45, 7) is 2.56. The van der Waals surface area contributed by atoms with Gasteiger partial charge in [-0.15, -0.1) is 0 Å². The van der Waals surface area contributed by atoms with Crippen LogP contribution in [-0.4, -0.2) is 33.9 Å². The average Bonchev–Trinajstić information content (AvgIpc) is 2.82. The molecule has 0 bridgehead atoms. The Balaban J connectivity index is 1.51. The summed E-state index contributed by atoms with van der Waals surface area (Å²) in [6.07, 6.45) is 0.760. The molecule has 0 fully saturated rings. The van der Waals surface area contributed by atoms with Crippen molar-refractivity contribution in [2.75, 3.05) is 13.2 Å². The van der Waals surface area contributed by atoms with Gasteiger partial charge in [-0.25, -0.2) is 4.98 Å². The molecule has 1 N–H and O–H groups in total. The molecule has 0 radical (unpaired) electrons. The lowest BCUT2D eigenvalue weighted by molar-refractivity contribution is -0.134. The number of ether oxygens (including phenoxy) is 1. The fourth-order valence-electron chi connectivity index (χ4n) is 3.66. The highest BCUT2D eigenvalue weighted by atomic mass is 35.5. The second-order valence-electron chi connectivity index (χ2n) is 7.64. The Morgan fingerprint density at radius 3 is 2.61 bits per heavy atom. The minimum Gasteiger partial charge on any atom is -0.483 e. The van der Waals surface area contributed by atoms with Crippen LogP contribution in [0.4, 0.5) is 0 Å². The molecule has 1 amide bonds. The van der Waals surface area contributed by atoms with Gasteiger partial charge in [0.1, 0.15) is 11.6 Å². The summed E-state index contributed by atoms with van der Waals surface area (Å²) in [4.78, 5) is 34.4. The van der Waals surface area contributed by atoms with Crippen LogP contribution in [0.1, 0.15) is 19.2 Å². The smallest absolute Gasteiger partial charge is 0.260 e. The lowest BCUT2D eigenvalue weighted by Gasteiger charge is -2.22. The molecule has 1 aromatic heterocycles. The van der Waals surface area contributed by atoms with E-state index < -0.39 is 0 Å². The van der Waals surface area contributed by atoms with Crippen molar-refractivity contribution in [2.24, 2.45) is 0 Å². The highest BCUT2D eigenvalue weighted by Gasteiger charge is 2.17. The number of benzene rings is 3. The number of nitrogens with zero attached hydrogens (tertiary/aromatic N) is 2. The van der Waals surface area contributed by atoms with Crippen LogP contribution in [0.25, 0.3) is 22.0 Å². The van der Waals surface area contributed by atoms with Gasteiger partial charge in [0, 0.05) is 17.1 Å². The maximum atomic E-state index is 13.0. The van der Waals surface area contributed by atoms with Crippen molar-refractivity contribution in [1.82, 2.24) is 14.9 Å². The highest BCUT2D eigenvalue weighted by molar-refractivity contribution is 6.31. The van der Waals surface area contributed by atoms with Crippen molar-refractivity contribution in [3.63, 3.8) is 0 Å². The number of fused-ring (bicyclic) bond motifs is 1. The van der Waals surface area contributed by atoms with Gasteiger partial charge in [0.25, 0.3) is 11.5 Å². The van der Waals surface area contributed by atoms with E-state index in [2.05, 4.69) is 9.97 Å². The van der Waals surface area contributed by atoms with E-state index in [0.717, 1.165) is 17.5 Å². The summed E-state index contributed by atoms with van der Waals surface area (Å²) in [6, 6.07) is 22.5. The molecule has 4 rings (SSSR count). The maximum absolute atomic E-state index is 13.0. The van der Waals surface area contributed by atoms with Gasteiger partial charge in [0.2, 0.25) is 0 Å². The van der Waals surface area contributed by atoms with Crippen molar-refractivity contribution in [3.05, 3.63) is 94.0 Å². The van der Waals surface area contributed by atoms with Gasteiger partial charge in [-0.3, -0.25) is 9.59 Å². The zero-order valence-electron chi connectivity index (χ0n) is 18.3. The molecule has 0 spiro atoms. The number of nitrogens with one attached hydrogen (secondary N) is 1. The lowest BCUT2D eigenvalue weighted by Crippen LogP contribution is -2.36. The summed E-state index contributed by atoms with van der Waals surface area (Å²) in [7, 11) is 0. The third-order valence-corrected chi connectivity index (χ3v) is 5.46. The largest absolute Gasteiger partial charge is 0.483 e. The van der Waals surface area contributed by atoms with E-state index in [-0.39, 0.29) is 24.6 Å². The first-order chi connectivity index (χ1) is 16.0. The fourth-order valence-corrected chi connectivity index (χ4v) is 3.82. The minimum atomic E-state index is -0.261. The molecule has 0 saturated heterocycles. The number of rotatable bonds is 8. The molecule has 0 aliphatic carbocycles. The number of aromatic amines is 1. The molecule has 168 valence electrons. The average molecular weight is 462 g/mol. The van der Waals surface area contributed by atoms with Crippen molar-refractivity contribution in [3.8, 4) is 16.9 Å². The quantitative estimate of drug-likeness (QED) is 0.398. The molecule has 0 unspecified atom stereocenters. The second kappa shape index (κ2) is 10.3. The summed E-state index contributed by atoms with van der Waals surface area (Å²) in [5, 5.41) is 0.955. The Hall–Kier alpha value is -3.64. The van der Waals surface area contributed by atoms with Crippen molar-refractivity contribution >= 4 is 28.4 Å². The van der Waals surface area contributed by atoms with Crippen LogP contribution >= 0.6 is 11.6 Å². The van der Waals surface area contributed by atoms with E-state index >= 15 is 0 Å². The Bertz CT molecular complexity index is 1320. The summed E-state index contributed by atoms with van der Waals surface area (Å²) < 4.78 is 5.93. The van der Waals surface area contributed by atoms with Gasteiger partial charge in [-0.2, -0.15) is 0 Å². The van der Waals surface area contributed by atoms with E-state index in [4.69, 9.17) is 16.3 Å². The molecule has 7 heteroatoms. The number of carbonyl (C=O) groups is 1. The number of amides is 1. The Kier molecular flexibility index (Phi) is 7.05. The maximum Gasteiger partial charge on any atom is 0.260 e. The first-order valence-corrected chi connectivity index (χ1v) is 11.2. The Morgan fingerprint density at radius 2 is 1.82 bits per heavy atom. The van der Waals surface area contributed by atoms with Gasteiger partial charge >= 0.3 is 0 Å². The molecule has 1 heterocycles. The highest BCUT2D eigenvalue weighted by Crippen LogP contribution is 2.29. The number of aromatic nitrogens is 2. The number of para-hydroxylation sites is 1. The van der Waals surface area contributed by atoms with Crippen LogP contribution in [0.2, 0.25) is 5.02 Å². The minimum absolute atomic E-state index is 0.118. The topological polar surface area (TPSA) is 75.3 Å². The van der Waals surface area contributed by atoms with Crippen LogP contribution in [0, 0.1) is 0 Å². The van der Waals surface area contributed by atoms with Gasteiger partial charge in [0.05, 0.1) is 17.4 Å². The van der Waals surface area contributed by atoms with Gasteiger partial charge < -0.3 is 14.6 Å². The zero-order chi connectivity index (χ0) is 23.2. The molecule has 33 heavy (non-hydrogen) atoms. The van der Waals surface area contributed by atoms with Gasteiger partial charge in [-0.1, -0.05) is 67.1 Å². The van der Waals surface area contributed by atoms with Gasteiger partial charge in [0.15, 0.2) is 6.61 Å².